The van der Waals surface area contributed by atoms with Crippen molar-refractivity contribution in [1.29, 1.82) is 0 Å². The lowest BCUT2D eigenvalue weighted by atomic mass is 10.00. The van der Waals surface area contributed by atoms with Crippen molar-refractivity contribution in [3.8, 4) is 11.5 Å². The van der Waals surface area contributed by atoms with Gasteiger partial charge < -0.3 is 25.2 Å². The summed E-state index contributed by atoms with van der Waals surface area (Å²) in [5.41, 5.74) is 3.27. The zero-order chi connectivity index (χ0) is 30.4. The van der Waals surface area contributed by atoms with E-state index >= 15 is 0 Å². The Hall–Kier alpha value is -5.11. The van der Waals surface area contributed by atoms with E-state index in [4.69, 9.17) is 9.47 Å². The largest absolute Gasteiger partial charge is 0.497 e. The number of hydrogen-bond acceptors (Lipinski definition) is 6. The van der Waals surface area contributed by atoms with Gasteiger partial charge in [0.2, 0.25) is 5.91 Å². The Bertz CT molecular complexity index is 1500. The number of methoxy groups -OCH3 is 1. The third-order valence-corrected chi connectivity index (χ3v) is 6.89. The minimum Gasteiger partial charge on any atom is -0.497 e. The molecule has 0 aliphatic carbocycles. The second-order valence-corrected chi connectivity index (χ2v) is 10.0. The van der Waals surface area contributed by atoms with Crippen LogP contribution in [0.2, 0.25) is 0 Å². The second-order valence-electron chi connectivity index (χ2n) is 10.0. The molecule has 0 radical (unpaired) electrons. The van der Waals surface area contributed by atoms with Crippen molar-refractivity contribution in [1.82, 2.24) is 5.32 Å². The molecule has 222 valence electrons. The van der Waals surface area contributed by atoms with E-state index in [1.165, 1.54) is 0 Å². The van der Waals surface area contributed by atoms with Gasteiger partial charge in [-0.3, -0.25) is 9.59 Å². The summed E-state index contributed by atoms with van der Waals surface area (Å²) in [5, 5.41) is 15.9. The summed E-state index contributed by atoms with van der Waals surface area (Å²) in [5.74, 6) is 0.224. The highest BCUT2D eigenvalue weighted by Gasteiger charge is 2.21. The second kappa shape index (κ2) is 15.8. The van der Waals surface area contributed by atoms with E-state index in [0.717, 1.165) is 16.9 Å². The number of para-hydroxylation sites is 1. The first-order chi connectivity index (χ1) is 20.9. The van der Waals surface area contributed by atoms with Gasteiger partial charge >= 0.3 is 5.97 Å². The molecule has 1 amide bonds. The first-order valence-electron chi connectivity index (χ1n) is 14.2. The molecule has 0 aliphatic rings. The quantitative estimate of drug-likeness (QED) is 0.118. The van der Waals surface area contributed by atoms with Gasteiger partial charge in [0.15, 0.2) is 5.78 Å². The highest BCUT2D eigenvalue weighted by molar-refractivity contribution is 6.12. The number of ether oxygens (including phenoxy) is 2. The number of hydrogen-bond donors (Lipinski definition) is 3. The van der Waals surface area contributed by atoms with Gasteiger partial charge in [0.05, 0.1) is 13.7 Å². The van der Waals surface area contributed by atoms with Crippen molar-refractivity contribution in [3.63, 3.8) is 0 Å². The van der Waals surface area contributed by atoms with Crippen molar-refractivity contribution in [2.45, 2.75) is 31.7 Å². The maximum absolute atomic E-state index is 13.1. The van der Waals surface area contributed by atoms with Gasteiger partial charge in [-0.2, -0.15) is 0 Å². The van der Waals surface area contributed by atoms with Crippen LogP contribution in [0.4, 0.5) is 5.69 Å². The molecule has 8 nitrogen and oxygen atoms in total. The average molecular weight is 581 g/mol. The van der Waals surface area contributed by atoms with E-state index in [1.807, 2.05) is 42.5 Å². The molecular formula is C35H36N2O6. The molecule has 0 aromatic heterocycles. The fourth-order valence-corrected chi connectivity index (χ4v) is 4.56. The predicted octanol–water partition coefficient (Wildman–Crippen LogP) is 5.55. The Morgan fingerprint density at radius 2 is 1.56 bits per heavy atom. The van der Waals surface area contributed by atoms with E-state index < -0.39 is 12.0 Å². The summed E-state index contributed by atoms with van der Waals surface area (Å²) in [6.07, 6.45) is 1.91. The van der Waals surface area contributed by atoms with E-state index in [-0.39, 0.29) is 18.1 Å². The predicted molar refractivity (Wildman–Crippen MR) is 166 cm³/mol. The number of rotatable bonds is 16. The fourth-order valence-electron chi connectivity index (χ4n) is 4.56. The van der Waals surface area contributed by atoms with Gasteiger partial charge in [-0.1, -0.05) is 66.7 Å². The van der Waals surface area contributed by atoms with Crippen LogP contribution >= 0.6 is 0 Å². The minimum absolute atomic E-state index is 0.0131. The zero-order valence-corrected chi connectivity index (χ0v) is 24.1. The topological polar surface area (TPSA) is 114 Å². The number of aryl methyl sites for hydroxylation is 1. The number of carbonyl (C=O) groups is 3. The van der Waals surface area contributed by atoms with Crippen LogP contribution < -0.4 is 20.1 Å². The number of carbonyl (C=O) groups excluding carboxylic acids is 2. The number of anilines is 1. The van der Waals surface area contributed by atoms with E-state index in [2.05, 4.69) is 10.6 Å². The Kier molecular flexibility index (Phi) is 11.3. The molecule has 0 saturated carbocycles. The molecule has 4 rings (SSSR count). The van der Waals surface area contributed by atoms with Crippen LogP contribution in [-0.4, -0.2) is 49.1 Å². The van der Waals surface area contributed by atoms with Gasteiger partial charge in [-0.05, 0) is 60.4 Å². The molecular weight excluding hydrogens is 544 g/mol. The number of amides is 1. The van der Waals surface area contributed by atoms with E-state index in [0.29, 0.717) is 55.0 Å². The number of carboxylic acids is 1. The lowest BCUT2D eigenvalue weighted by Gasteiger charge is -2.18. The van der Waals surface area contributed by atoms with Crippen LogP contribution in [-0.2, 0) is 22.4 Å². The maximum Gasteiger partial charge on any atom is 0.326 e. The summed E-state index contributed by atoms with van der Waals surface area (Å²) >= 11 is 0. The number of aliphatic carboxylic acids is 1. The normalized spacial score (nSPS) is 11.3. The van der Waals surface area contributed by atoms with Crippen LogP contribution in [0.1, 0.15) is 39.9 Å². The summed E-state index contributed by atoms with van der Waals surface area (Å²) in [6.45, 7) is 0.941. The molecule has 4 aromatic carbocycles. The van der Waals surface area contributed by atoms with Crippen LogP contribution in [0, 0.1) is 0 Å². The molecule has 43 heavy (non-hydrogen) atoms. The van der Waals surface area contributed by atoms with Crippen molar-refractivity contribution in [2.75, 3.05) is 25.6 Å². The summed E-state index contributed by atoms with van der Waals surface area (Å²) in [7, 11) is 1.62. The Morgan fingerprint density at radius 3 is 2.30 bits per heavy atom. The van der Waals surface area contributed by atoms with Crippen molar-refractivity contribution < 1.29 is 29.0 Å². The first kappa shape index (κ1) is 30.8. The van der Waals surface area contributed by atoms with Gasteiger partial charge in [0.1, 0.15) is 17.5 Å². The molecule has 1 atom stereocenters. The standard InChI is InChI=1S/C35H36N2O6/c1-42-29-12-7-9-25(23-29)17-20-33(38)36-21-8-22-43-28-18-15-26(16-19-28)24-32(35(40)41)37-31-14-6-5-13-30(31)34(39)27-10-3-2-4-11-27/h2-7,9-16,18-19,23,32,37H,8,17,20-22,24H2,1H3,(H,36,38)(H,40,41)/t32-/m0/s1. The monoisotopic (exact) mass is 580 g/mol. The number of benzene rings is 4. The zero-order valence-electron chi connectivity index (χ0n) is 24.1. The van der Waals surface area contributed by atoms with Crippen molar-refractivity contribution in [2.24, 2.45) is 0 Å². The van der Waals surface area contributed by atoms with Gasteiger partial charge in [-0.15, -0.1) is 0 Å². The summed E-state index contributed by atoms with van der Waals surface area (Å²) < 4.78 is 11.0. The van der Waals surface area contributed by atoms with Crippen molar-refractivity contribution in [3.05, 3.63) is 125 Å². The van der Waals surface area contributed by atoms with Crippen LogP contribution in [0.3, 0.4) is 0 Å². The Morgan fingerprint density at radius 1 is 0.814 bits per heavy atom. The Labute approximate surface area is 251 Å². The van der Waals surface area contributed by atoms with Gasteiger partial charge in [0, 0.05) is 36.2 Å². The molecule has 8 heteroatoms. The fraction of sp³-hybridized carbons (Fsp3) is 0.229. The summed E-state index contributed by atoms with van der Waals surface area (Å²) in [6, 6.07) is 29.8. The van der Waals surface area contributed by atoms with E-state index in [9.17, 15) is 19.5 Å². The number of ketones is 1. The maximum atomic E-state index is 13.1. The molecule has 0 heterocycles. The number of carboxylic acid groups (broad SMARTS) is 1. The third-order valence-electron chi connectivity index (χ3n) is 6.89. The average Bonchev–Trinajstić information content (AvgIpc) is 3.04. The molecule has 4 aromatic rings. The minimum atomic E-state index is -1.02. The third kappa shape index (κ3) is 9.46. The van der Waals surface area contributed by atoms with Gasteiger partial charge in [0.25, 0.3) is 0 Å². The SMILES string of the molecule is COc1cccc(CCC(=O)NCCCOc2ccc(C[C@H](Nc3ccccc3C(=O)c3ccccc3)C(=O)O)cc2)c1. The first-order valence-corrected chi connectivity index (χ1v) is 14.2. The van der Waals surface area contributed by atoms with Crippen LogP contribution in [0.5, 0.6) is 11.5 Å². The molecule has 0 bridgehead atoms. The van der Waals surface area contributed by atoms with Crippen LogP contribution in [0.25, 0.3) is 0 Å². The number of nitrogens with one attached hydrogen (secondary N) is 2. The molecule has 0 unspecified atom stereocenters. The van der Waals surface area contributed by atoms with Crippen LogP contribution in [0.15, 0.2) is 103 Å². The Balaban J connectivity index is 1.22. The van der Waals surface area contributed by atoms with Gasteiger partial charge in [-0.25, -0.2) is 4.79 Å². The molecule has 0 aliphatic heterocycles. The molecule has 0 fully saturated rings. The lowest BCUT2D eigenvalue weighted by molar-refractivity contribution is -0.137. The summed E-state index contributed by atoms with van der Waals surface area (Å²) in [4.78, 5) is 37.3. The molecule has 0 saturated heterocycles. The van der Waals surface area contributed by atoms with E-state index in [1.54, 1.807) is 67.8 Å². The highest BCUT2D eigenvalue weighted by Crippen LogP contribution is 2.22. The lowest BCUT2D eigenvalue weighted by Crippen LogP contribution is -2.32. The highest BCUT2D eigenvalue weighted by atomic mass is 16.5. The smallest absolute Gasteiger partial charge is 0.326 e. The molecule has 0 spiro atoms. The molecule has 3 N–H and O–H groups in total. The van der Waals surface area contributed by atoms with Crippen molar-refractivity contribution >= 4 is 23.3 Å².